The summed E-state index contributed by atoms with van der Waals surface area (Å²) < 4.78 is 11.1. The lowest BCUT2D eigenvalue weighted by atomic mass is 10.1. The molecule has 0 amide bonds. The molecule has 2 heterocycles. The second-order valence-electron chi connectivity index (χ2n) is 6.04. The van der Waals surface area contributed by atoms with E-state index in [1.165, 1.54) is 17.3 Å². The summed E-state index contributed by atoms with van der Waals surface area (Å²) in [6.45, 7) is 4.14. The molecule has 6 nitrogen and oxygen atoms in total. The van der Waals surface area contributed by atoms with Crippen LogP contribution >= 0.6 is 11.8 Å². The Bertz CT molecular complexity index is 1040. The molecular weight excluding hydrogens is 360 g/mol. The van der Waals surface area contributed by atoms with Crippen molar-refractivity contribution in [3.63, 3.8) is 0 Å². The van der Waals surface area contributed by atoms with E-state index in [-0.39, 0.29) is 0 Å². The van der Waals surface area contributed by atoms with Crippen LogP contribution in [-0.4, -0.2) is 20.3 Å². The first-order valence-electron chi connectivity index (χ1n) is 8.67. The summed E-state index contributed by atoms with van der Waals surface area (Å²) in [5, 5.41) is 12.7. The molecule has 0 fully saturated rings. The van der Waals surface area contributed by atoms with E-state index >= 15 is 0 Å². The lowest BCUT2D eigenvalue weighted by Gasteiger charge is -1.98. The summed E-state index contributed by atoms with van der Waals surface area (Å²) in [6, 6.07) is 16.1. The van der Waals surface area contributed by atoms with Crippen molar-refractivity contribution in [1.82, 2.24) is 20.3 Å². The summed E-state index contributed by atoms with van der Waals surface area (Å²) in [7, 11) is 0. The smallest absolute Gasteiger partial charge is 0.277 e. The van der Waals surface area contributed by atoms with Crippen LogP contribution in [-0.2, 0) is 12.2 Å². The van der Waals surface area contributed by atoms with Crippen LogP contribution < -0.4 is 0 Å². The van der Waals surface area contributed by atoms with Crippen molar-refractivity contribution in [1.29, 1.82) is 0 Å². The monoisotopic (exact) mass is 378 g/mol. The Balaban J connectivity index is 1.42. The van der Waals surface area contributed by atoms with Crippen LogP contribution in [0.2, 0.25) is 0 Å². The Hall–Kier alpha value is -2.93. The van der Waals surface area contributed by atoms with Crippen LogP contribution in [0.4, 0.5) is 0 Å². The van der Waals surface area contributed by atoms with E-state index in [4.69, 9.17) is 8.94 Å². The zero-order chi connectivity index (χ0) is 18.6. The molecule has 0 aliphatic rings. The van der Waals surface area contributed by atoms with Crippen LogP contribution in [0.15, 0.2) is 62.7 Å². The maximum Gasteiger partial charge on any atom is 0.277 e. The molecule has 4 rings (SSSR count). The maximum absolute atomic E-state index is 5.74. The average Bonchev–Trinajstić information content (AvgIpc) is 3.36. The number of hydrogen-bond acceptors (Lipinski definition) is 7. The van der Waals surface area contributed by atoms with E-state index in [1.807, 2.05) is 43.3 Å². The predicted octanol–water partition coefficient (Wildman–Crippen LogP) is 4.95. The molecule has 0 saturated carbocycles. The fourth-order valence-electron chi connectivity index (χ4n) is 2.63. The third kappa shape index (κ3) is 3.93. The number of aromatic nitrogens is 4. The van der Waals surface area contributed by atoms with Crippen LogP contribution in [0.25, 0.3) is 22.8 Å². The second kappa shape index (κ2) is 7.75. The molecule has 0 radical (unpaired) electrons. The van der Waals surface area contributed by atoms with Gasteiger partial charge < -0.3 is 8.94 Å². The van der Waals surface area contributed by atoms with Crippen molar-refractivity contribution < 1.29 is 8.94 Å². The number of rotatable bonds is 6. The Morgan fingerprint density at radius 3 is 2.59 bits per heavy atom. The topological polar surface area (TPSA) is 77.8 Å². The molecule has 7 heteroatoms. The zero-order valence-electron chi connectivity index (χ0n) is 15.0. The number of aryl methyl sites for hydroxylation is 2. The highest BCUT2D eigenvalue weighted by molar-refractivity contribution is 7.98. The molecule has 0 N–H and O–H groups in total. The van der Waals surface area contributed by atoms with Crippen molar-refractivity contribution in [2.75, 3.05) is 0 Å². The highest BCUT2D eigenvalue weighted by Gasteiger charge is 2.14. The van der Waals surface area contributed by atoms with Crippen molar-refractivity contribution in [3.05, 3.63) is 65.5 Å². The van der Waals surface area contributed by atoms with E-state index in [0.717, 1.165) is 23.1 Å². The molecule has 0 bridgehead atoms. The lowest BCUT2D eigenvalue weighted by molar-refractivity contribution is 0.391. The molecular formula is C20H18N4O2S. The van der Waals surface area contributed by atoms with Crippen molar-refractivity contribution >= 4 is 11.8 Å². The van der Waals surface area contributed by atoms with E-state index < -0.39 is 0 Å². The van der Waals surface area contributed by atoms with Gasteiger partial charge >= 0.3 is 0 Å². The van der Waals surface area contributed by atoms with Gasteiger partial charge in [0, 0.05) is 11.1 Å². The van der Waals surface area contributed by atoms with Gasteiger partial charge in [0.25, 0.3) is 5.22 Å². The third-order valence-electron chi connectivity index (χ3n) is 4.19. The molecule has 0 aliphatic carbocycles. The van der Waals surface area contributed by atoms with Gasteiger partial charge in [0.2, 0.25) is 17.6 Å². The largest absolute Gasteiger partial charge is 0.411 e. The molecule has 136 valence electrons. The fourth-order valence-corrected chi connectivity index (χ4v) is 3.23. The van der Waals surface area contributed by atoms with Gasteiger partial charge in [-0.25, -0.2) is 0 Å². The Morgan fingerprint density at radius 2 is 1.81 bits per heavy atom. The molecule has 27 heavy (non-hydrogen) atoms. The average molecular weight is 378 g/mol. The molecule has 0 saturated heterocycles. The highest BCUT2D eigenvalue weighted by Crippen LogP contribution is 2.27. The Labute approximate surface area is 161 Å². The normalized spacial score (nSPS) is 11.0. The quantitative estimate of drug-likeness (QED) is 0.439. The fraction of sp³-hybridized carbons (Fsp3) is 0.200. The van der Waals surface area contributed by atoms with E-state index in [9.17, 15) is 0 Å². The van der Waals surface area contributed by atoms with Gasteiger partial charge in [0.1, 0.15) is 0 Å². The van der Waals surface area contributed by atoms with Crippen LogP contribution in [0.3, 0.4) is 0 Å². The first-order chi connectivity index (χ1) is 13.2. The van der Waals surface area contributed by atoms with Crippen LogP contribution in [0.5, 0.6) is 0 Å². The van der Waals surface area contributed by atoms with Crippen molar-refractivity contribution in [2.24, 2.45) is 0 Å². The molecule has 2 aromatic heterocycles. The molecule has 4 aromatic rings. The minimum absolute atomic E-state index is 0.468. The molecule has 0 aliphatic heterocycles. The first-order valence-corrected chi connectivity index (χ1v) is 9.65. The predicted molar refractivity (Wildman–Crippen MR) is 103 cm³/mol. The SMILES string of the molecule is CCc1ccc(-c2noc(CSc3nnc(-c4ccccc4C)o3)n2)cc1. The number of nitrogens with zero attached hydrogens (tertiary/aromatic N) is 4. The number of thioether (sulfide) groups is 1. The van der Waals surface area contributed by atoms with Crippen molar-refractivity contribution in [2.45, 2.75) is 31.2 Å². The van der Waals surface area contributed by atoms with Crippen molar-refractivity contribution in [3.8, 4) is 22.8 Å². The van der Waals surface area contributed by atoms with Gasteiger partial charge in [0.15, 0.2) is 0 Å². The third-order valence-corrected chi connectivity index (χ3v) is 4.99. The maximum atomic E-state index is 5.74. The summed E-state index contributed by atoms with van der Waals surface area (Å²) in [5.74, 6) is 2.08. The summed E-state index contributed by atoms with van der Waals surface area (Å²) in [6.07, 6.45) is 1.00. The lowest BCUT2D eigenvalue weighted by Crippen LogP contribution is -1.84. The standard InChI is InChI=1S/C20H18N4O2S/c1-3-14-8-10-15(11-9-14)18-21-17(26-24-18)12-27-20-23-22-19(25-20)16-7-5-4-6-13(16)2/h4-11H,3,12H2,1-2H3. The van der Waals surface area contributed by atoms with E-state index in [1.54, 1.807) is 0 Å². The van der Waals surface area contributed by atoms with Gasteiger partial charge in [-0.15, -0.1) is 10.2 Å². The summed E-state index contributed by atoms with van der Waals surface area (Å²) in [4.78, 5) is 4.44. The Kier molecular flexibility index (Phi) is 5.02. The molecule has 0 atom stereocenters. The molecule has 0 spiro atoms. The van der Waals surface area contributed by atoms with E-state index in [2.05, 4.69) is 39.4 Å². The summed E-state index contributed by atoms with van der Waals surface area (Å²) >= 11 is 1.37. The molecule has 2 aromatic carbocycles. The van der Waals surface area contributed by atoms with Gasteiger partial charge in [-0.05, 0) is 30.5 Å². The number of benzene rings is 2. The highest BCUT2D eigenvalue weighted by atomic mass is 32.2. The van der Waals surface area contributed by atoms with Crippen LogP contribution in [0.1, 0.15) is 23.9 Å². The summed E-state index contributed by atoms with van der Waals surface area (Å²) in [5.41, 5.74) is 4.24. The van der Waals surface area contributed by atoms with Gasteiger partial charge in [-0.2, -0.15) is 4.98 Å². The van der Waals surface area contributed by atoms with Gasteiger partial charge in [0.05, 0.1) is 5.75 Å². The van der Waals surface area contributed by atoms with Gasteiger partial charge in [-0.3, -0.25) is 0 Å². The Morgan fingerprint density at radius 1 is 1.00 bits per heavy atom. The first kappa shape index (κ1) is 17.5. The molecule has 0 unspecified atom stereocenters. The van der Waals surface area contributed by atoms with E-state index in [0.29, 0.717) is 28.6 Å². The minimum atomic E-state index is 0.468. The minimum Gasteiger partial charge on any atom is -0.411 e. The van der Waals surface area contributed by atoms with Gasteiger partial charge in [-0.1, -0.05) is 66.3 Å². The number of hydrogen-bond donors (Lipinski definition) is 0. The zero-order valence-corrected chi connectivity index (χ0v) is 15.9. The van der Waals surface area contributed by atoms with Crippen LogP contribution in [0, 0.1) is 6.92 Å². The second-order valence-corrected chi connectivity index (χ2v) is 6.97.